The number of amides is 1. The van der Waals surface area contributed by atoms with E-state index in [1.807, 2.05) is 25.7 Å². The monoisotopic (exact) mass is 312 g/mol. The Hall–Kier alpha value is -0.810. The fraction of sp³-hybridized carbons (Fsp3) is 0.941. The van der Waals surface area contributed by atoms with E-state index in [-0.39, 0.29) is 6.09 Å². The molecular weight excluding hydrogens is 280 g/mol. The molecule has 0 aromatic rings. The third-order valence-corrected chi connectivity index (χ3v) is 4.94. The largest absolute Gasteiger partial charge is 0.444 e. The van der Waals surface area contributed by atoms with Crippen molar-refractivity contribution in [1.82, 2.24) is 4.90 Å². The van der Waals surface area contributed by atoms with Gasteiger partial charge in [-0.25, -0.2) is 4.79 Å². The summed E-state index contributed by atoms with van der Waals surface area (Å²) < 4.78 is 11.2. The minimum absolute atomic E-state index is 0.165. The number of hydrogen-bond acceptors (Lipinski definition) is 4. The molecule has 0 unspecified atom stereocenters. The van der Waals surface area contributed by atoms with Crippen molar-refractivity contribution in [2.24, 2.45) is 11.1 Å². The second kappa shape index (κ2) is 7.18. The maximum Gasteiger partial charge on any atom is 0.410 e. The maximum absolute atomic E-state index is 12.1. The van der Waals surface area contributed by atoms with E-state index in [1.165, 1.54) is 12.8 Å². The molecule has 1 saturated carbocycles. The smallest absolute Gasteiger partial charge is 0.410 e. The second-order valence-corrected chi connectivity index (χ2v) is 7.83. The molecule has 2 N–H and O–H groups in total. The van der Waals surface area contributed by atoms with Crippen molar-refractivity contribution in [2.75, 3.05) is 26.2 Å². The third kappa shape index (κ3) is 4.85. The molecular formula is C17H32N2O3. The van der Waals surface area contributed by atoms with E-state index >= 15 is 0 Å². The van der Waals surface area contributed by atoms with Crippen LogP contribution in [0.1, 0.15) is 59.3 Å². The molecule has 5 nitrogen and oxygen atoms in total. The van der Waals surface area contributed by atoms with Gasteiger partial charge in [0.2, 0.25) is 0 Å². The molecule has 22 heavy (non-hydrogen) atoms. The van der Waals surface area contributed by atoms with Crippen molar-refractivity contribution in [3.63, 3.8) is 0 Å². The van der Waals surface area contributed by atoms with Gasteiger partial charge in [-0.2, -0.15) is 0 Å². The number of carbonyl (C=O) groups is 1. The van der Waals surface area contributed by atoms with Crippen LogP contribution in [0.4, 0.5) is 4.79 Å². The average Bonchev–Trinajstić information content (AvgIpc) is 2.46. The summed E-state index contributed by atoms with van der Waals surface area (Å²) in [4.78, 5) is 14.0. The predicted molar refractivity (Wildman–Crippen MR) is 86.7 cm³/mol. The summed E-state index contributed by atoms with van der Waals surface area (Å²) >= 11 is 0. The van der Waals surface area contributed by atoms with Gasteiger partial charge in [0.25, 0.3) is 0 Å². The Balaban J connectivity index is 1.76. The van der Waals surface area contributed by atoms with Gasteiger partial charge in [-0.15, -0.1) is 0 Å². The zero-order valence-electron chi connectivity index (χ0n) is 14.4. The third-order valence-electron chi connectivity index (χ3n) is 4.94. The standard InChI is InChI=1S/C17H32N2O3/c1-16(2,3)22-15(20)19-11-8-17(9-12-19)6-4-14(5-7-17)21-13-10-18/h14H,4-13,18H2,1-3H3. The Morgan fingerprint density at radius 2 is 1.77 bits per heavy atom. The fourth-order valence-electron chi connectivity index (χ4n) is 3.60. The van der Waals surface area contributed by atoms with E-state index < -0.39 is 5.60 Å². The first kappa shape index (κ1) is 17.5. The summed E-state index contributed by atoms with van der Waals surface area (Å²) in [5, 5.41) is 0. The first-order valence-electron chi connectivity index (χ1n) is 8.63. The molecule has 2 aliphatic rings. The summed E-state index contributed by atoms with van der Waals surface area (Å²) in [6.07, 6.45) is 7.10. The van der Waals surface area contributed by atoms with Crippen LogP contribution < -0.4 is 5.73 Å². The molecule has 2 rings (SSSR count). The van der Waals surface area contributed by atoms with Crippen LogP contribution in [0, 0.1) is 5.41 Å². The van der Waals surface area contributed by atoms with Crippen molar-refractivity contribution < 1.29 is 14.3 Å². The van der Waals surface area contributed by atoms with Gasteiger partial charge in [0.05, 0.1) is 12.7 Å². The van der Waals surface area contributed by atoms with Gasteiger partial charge in [-0.05, 0) is 64.7 Å². The molecule has 0 aromatic heterocycles. The Labute approximate surface area is 134 Å². The topological polar surface area (TPSA) is 64.8 Å². The molecule has 5 heteroatoms. The lowest BCUT2D eigenvalue weighted by Crippen LogP contribution is -2.46. The number of nitrogens with two attached hydrogens (primary N) is 1. The van der Waals surface area contributed by atoms with Crippen LogP contribution in [0.3, 0.4) is 0 Å². The molecule has 0 radical (unpaired) electrons. The molecule has 1 aliphatic carbocycles. The minimum Gasteiger partial charge on any atom is -0.444 e. The summed E-state index contributed by atoms with van der Waals surface area (Å²) in [5.74, 6) is 0. The number of ether oxygens (including phenoxy) is 2. The highest BCUT2D eigenvalue weighted by Gasteiger charge is 2.39. The number of nitrogens with zero attached hydrogens (tertiary/aromatic N) is 1. The molecule has 0 aromatic carbocycles. The SMILES string of the molecule is CC(C)(C)OC(=O)N1CCC2(CCC(OCCN)CC2)CC1. The quantitative estimate of drug-likeness (QED) is 0.870. The Kier molecular flexibility index (Phi) is 5.72. The lowest BCUT2D eigenvalue weighted by molar-refractivity contribution is -0.0276. The van der Waals surface area contributed by atoms with E-state index in [0.717, 1.165) is 38.8 Å². The van der Waals surface area contributed by atoms with Crippen LogP contribution in [0.2, 0.25) is 0 Å². The Morgan fingerprint density at radius 1 is 1.18 bits per heavy atom. The lowest BCUT2D eigenvalue weighted by atomic mass is 9.67. The number of carbonyl (C=O) groups excluding carboxylic acids is 1. The van der Waals surface area contributed by atoms with E-state index in [1.54, 1.807) is 0 Å². The van der Waals surface area contributed by atoms with Crippen molar-refractivity contribution in [2.45, 2.75) is 71.0 Å². The van der Waals surface area contributed by atoms with Gasteiger partial charge < -0.3 is 20.1 Å². The molecule has 0 atom stereocenters. The van der Waals surface area contributed by atoms with Crippen LogP contribution in [0.5, 0.6) is 0 Å². The molecule has 1 aliphatic heterocycles. The Morgan fingerprint density at radius 3 is 2.27 bits per heavy atom. The molecule has 1 saturated heterocycles. The zero-order valence-corrected chi connectivity index (χ0v) is 14.4. The van der Waals surface area contributed by atoms with Gasteiger partial charge in [-0.3, -0.25) is 0 Å². The van der Waals surface area contributed by atoms with E-state index in [0.29, 0.717) is 24.7 Å². The molecule has 1 heterocycles. The summed E-state index contributed by atoms with van der Waals surface area (Å²) in [6.45, 7) is 8.67. The predicted octanol–water partition coefficient (Wildman–Crippen LogP) is 2.92. The van der Waals surface area contributed by atoms with E-state index in [2.05, 4.69) is 0 Å². The molecule has 1 spiro atoms. The summed E-state index contributed by atoms with van der Waals surface area (Å²) in [7, 11) is 0. The van der Waals surface area contributed by atoms with Crippen molar-refractivity contribution in [1.29, 1.82) is 0 Å². The molecule has 0 bridgehead atoms. The fourth-order valence-corrected chi connectivity index (χ4v) is 3.60. The van der Waals surface area contributed by atoms with E-state index in [4.69, 9.17) is 15.2 Å². The van der Waals surface area contributed by atoms with Crippen molar-refractivity contribution in [3.8, 4) is 0 Å². The summed E-state index contributed by atoms with van der Waals surface area (Å²) in [5.41, 5.74) is 5.50. The Bertz CT molecular complexity index is 361. The van der Waals surface area contributed by atoms with Crippen LogP contribution in [0.15, 0.2) is 0 Å². The van der Waals surface area contributed by atoms with Gasteiger partial charge in [-0.1, -0.05) is 0 Å². The number of hydrogen-bond donors (Lipinski definition) is 1. The normalized spacial score (nSPS) is 22.8. The number of rotatable bonds is 3. The lowest BCUT2D eigenvalue weighted by Gasteiger charge is -2.45. The van der Waals surface area contributed by atoms with E-state index in [9.17, 15) is 4.79 Å². The number of piperidine rings is 1. The molecule has 1 amide bonds. The van der Waals surface area contributed by atoms with Gasteiger partial charge in [0.15, 0.2) is 0 Å². The second-order valence-electron chi connectivity index (χ2n) is 7.83. The van der Waals surface area contributed by atoms with Crippen LogP contribution in [-0.2, 0) is 9.47 Å². The van der Waals surface area contributed by atoms with Gasteiger partial charge in [0.1, 0.15) is 5.60 Å². The van der Waals surface area contributed by atoms with Crippen LogP contribution >= 0.6 is 0 Å². The van der Waals surface area contributed by atoms with Gasteiger partial charge in [0, 0.05) is 19.6 Å². The average molecular weight is 312 g/mol. The molecule has 128 valence electrons. The first-order valence-corrected chi connectivity index (χ1v) is 8.63. The summed E-state index contributed by atoms with van der Waals surface area (Å²) in [6, 6.07) is 0. The van der Waals surface area contributed by atoms with Crippen LogP contribution in [0.25, 0.3) is 0 Å². The van der Waals surface area contributed by atoms with Gasteiger partial charge >= 0.3 is 6.09 Å². The molecule has 2 fully saturated rings. The first-order chi connectivity index (χ1) is 10.3. The van der Waals surface area contributed by atoms with Crippen molar-refractivity contribution >= 4 is 6.09 Å². The number of likely N-dealkylation sites (tertiary alicyclic amines) is 1. The zero-order chi connectivity index (χ0) is 16.2. The highest BCUT2D eigenvalue weighted by molar-refractivity contribution is 5.68. The highest BCUT2D eigenvalue weighted by Crippen LogP contribution is 2.45. The maximum atomic E-state index is 12.1. The highest BCUT2D eigenvalue weighted by atomic mass is 16.6. The van der Waals surface area contributed by atoms with Crippen LogP contribution in [-0.4, -0.2) is 48.9 Å². The van der Waals surface area contributed by atoms with Crippen molar-refractivity contribution in [3.05, 3.63) is 0 Å². The minimum atomic E-state index is -0.412.